The molecule has 2 heterocycles. The standard InChI is InChI=1S/C44H62N4O4/c1-13-17-19-27(15-3)41(51)45-33-23-35-31(43(7,8)25(5)47(35)11)21-29(33)37-39(49)38(40(37)50)30-22-32-36(48(12)26(6)44(32,9)10)24-34(30)46-42(52)28(16-4)20-18-14-2/h21-28H,13-20H2,1-12H3,(H2,45,46,49,50,51,52). The molecule has 0 saturated heterocycles. The van der Waals surface area contributed by atoms with E-state index in [4.69, 9.17) is 0 Å². The maximum atomic E-state index is 14.6. The first-order chi connectivity index (χ1) is 24.5. The van der Waals surface area contributed by atoms with E-state index in [1.807, 2.05) is 52.2 Å². The van der Waals surface area contributed by atoms with Crippen LogP contribution in [0.3, 0.4) is 0 Å². The number of hydrogen-bond donors (Lipinski definition) is 2. The van der Waals surface area contributed by atoms with Gasteiger partial charge in [0.2, 0.25) is 17.2 Å². The molecule has 2 aromatic rings. The molecular formula is C44H62N4O4. The lowest BCUT2D eigenvalue weighted by Gasteiger charge is -2.33. The quantitative estimate of drug-likeness (QED) is 0.234. The van der Waals surface area contributed by atoms with Gasteiger partial charge in [0.15, 0.2) is 11.8 Å². The molecule has 2 N–H and O–H groups in total. The summed E-state index contributed by atoms with van der Waals surface area (Å²) in [4.78, 5) is 44.2. The molecule has 4 unspecified atom stereocenters. The molecule has 8 heteroatoms. The fourth-order valence-corrected chi connectivity index (χ4v) is 8.54. The SMILES string of the molecule is CCCCC(CC)C(=O)Nc1cc2c(cc1C1=C([O-])/C(=c3/cc4c(cc3NC(=O)C(CC)CCCC)=[N+](C)C(C)C4(C)C)C1=O)C(C)(C)C(C)N2C. The minimum absolute atomic E-state index is 0.0876. The maximum absolute atomic E-state index is 14.6. The van der Waals surface area contributed by atoms with Gasteiger partial charge in [0.25, 0.3) is 0 Å². The topological polar surface area (TPSA) is 105 Å². The molecular weight excluding hydrogens is 649 g/mol. The van der Waals surface area contributed by atoms with E-state index in [-0.39, 0.29) is 69.3 Å². The van der Waals surface area contributed by atoms with Gasteiger partial charge in [-0.2, -0.15) is 0 Å². The second-order valence-corrected chi connectivity index (χ2v) is 16.7. The lowest BCUT2D eigenvalue weighted by Crippen LogP contribution is -2.37. The highest BCUT2D eigenvalue weighted by Gasteiger charge is 2.45. The summed E-state index contributed by atoms with van der Waals surface area (Å²) in [5.74, 6) is -1.24. The van der Waals surface area contributed by atoms with Crippen LogP contribution in [0, 0.1) is 11.8 Å². The molecule has 1 aliphatic carbocycles. The molecule has 3 aliphatic rings. The maximum Gasteiger partial charge on any atom is 0.227 e. The van der Waals surface area contributed by atoms with Crippen molar-refractivity contribution in [3.8, 4) is 0 Å². The normalized spacial score (nSPS) is 22.2. The molecule has 2 aliphatic heterocycles. The first-order valence-electron chi connectivity index (χ1n) is 19.8. The van der Waals surface area contributed by atoms with Crippen molar-refractivity contribution in [2.75, 3.05) is 29.6 Å². The average Bonchev–Trinajstić information content (AvgIpc) is 3.37. The van der Waals surface area contributed by atoms with E-state index in [1.165, 1.54) is 0 Å². The molecule has 8 nitrogen and oxygen atoms in total. The summed E-state index contributed by atoms with van der Waals surface area (Å²) in [6, 6.07) is 8.16. The summed E-state index contributed by atoms with van der Waals surface area (Å²) in [5, 5.41) is 22.4. The summed E-state index contributed by atoms with van der Waals surface area (Å²) in [6.07, 6.45) is 6.88. The highest BCUT2D eigenvalue weighted by Crippen LogP contribution is 2.49. The molecule has 52 heavy (non-hydrogen) atoms. The van der Waals surface area contributed by atoms with Gasteiger partial charge < -0.3 is 20.6 Å². The Kier molecular flexibility index (Phi) is 11.2. The number of nitrogens with zero attached hydrogens (tertiary/aromatic N) is 2. The zero-order valence-corrected chi connectivity index (χ0v) is 33.8. The van der Waals surface area contributed by atoms with E-state index in [2.05, 4.69) is 75.5 Å². The second-order valence-electron chi connectivity index (χ2n) is 16.7. The van der Waals surface area contributed by atoms with Crippen LogP contribution in [0.5, 0.6) is 0 Å². The first-order valence-corrected chi connectivity index (χ1v) is 19.8. The van der Waals surface area contributed by atoms with E-state index in [0.29, 0.717) is 35.0 Å². The van der Waals surface area contributed by atoms with E-state index in [9.17, 15) is 19.5 Å². The molecule has 2 aromatic carbocycles. The van der Waals surface area contributed by atoms with Gasteiger partial charge in [0.1, 0.15) is 7.05 Å². The van der Waals surface area contributed by atoms with Crippen LogP contribution in [-0.2, 0) is 25.2 Å². The lowest BCUT2D eigenvalue weighted by atomic mass is 9.76. The fraction of sp³-hybridized carbons (Fsp3) is 0.591. The highest BCUT2D eigenvalue weighted by molar-refractivity contribution is 6.52. The van der Waals surface area contributed by atoms with Crippen LogP contribution in [0.1, 0.15) is 137 Å². The molecule has 0 saturated carbocycles. The Balaban J connectivity index is 1.73. The minimum Gasteiger partial charge on any atom is -0.871 e. The smallest absolute Gasteiger partial charge is 0.227 e. The van der Waals surface area contributed by atoms with Crippen LogP contribution in [0.15, 0.2) is 30.0 Å². The number of hydrogen-bond acceptors (Lipinski definition) is 5. The van der Waals surface area contributed by atoms with Gasteiger partial charge in [0.05, 0.1) is 16.8 Å². The summed E-state index contributed by atoms with van der Waals surface area (Å²) >= 11 is 0. The molecule has 5 rings (SSSR count). The Morgan fingerprint density at radius 1 is 0.827 bits per heavy atom. The van der Waals surface area contributed by atoms with Crippen LogP contribution < -0.4 is 35.8 Å². The third-order valence-electron chi connectivity index (χ3n) is 13.2. The lowest BCUT2D eigenvalue weighted by molar-refractivity contribution is -0.292. The van der Waals surface area contributed by atoms with Crippen molar-refractivity contribution in [2.24, 2.45) is 11.8 Å². The number of fused-ring (bicyclic) bond motifs is 2. The Bertz CT molecular complexity index is 1940. The molecule has 2 amide bonds. The number of amides is 2. The summed E-state index contributed by atoms with van der Waals surface area (Å²) < 4.78 is 2.21. The Labute approximate surface area is 311 Å². The molecule has 4 atom stereocenters. The first kappa shape index (κ1) is 39.3. The number of carbonyl (C=O) groups excluding carboxylic acids is 3. The van der Waals surface area contributed by atoms with Crippen LogP contribution in [0.2, 0.25) is 0 Å². The number of likely N-dealkylation sites (N-methyl/N-ethyl adjacent to an activating group) is 2. The number of rotatable bonds is 13. The fourth-order valence-electron chi connectivity index (χ4n) is 8.54. The van der Waals surface area contributed by atoms with Crippen molar-refractivity contribution in [3.63, 3.8) is 0 Å². The second kappa shape index (κ2) is 14.8. The van der Waals surface area contributed by atoms with E-state index in [1.54, 1.807) is 0 Å². The molecule has 0 aromatic heterocycles. The predicted octanol–water partition coefficient (Wildman–Crippen LogP) is 6.42. The number of allylic oxidation sites excluding steroid dienone is 2. The van der Waals surface area contributed by atoms with Gasteiger partial charge in [-0.05, 0) is 77.1 Å². The van der Waals surface area contributed by atoms with Gasteiger partial charge in [0, 0.05) is 69.6 Å². The summed E-state index contributed by atoms with van der Waals surface area (Å²) in [6.45, 7) is 21.3. The molecule has 0 spiro atoms. The van der Waals surface area contributed by atoms with Crippen molar-refractivity contribution < 1.29 is 19.5 Å². The molecule has 0 radical (unpaired) electrons. The number of benzene rings is 2. The number of unbranched alkanes of at least 4 members (excludes halogenated alkanes) is 2. The number of anilines is 3. The average molecular weight is 711 g/mol. The molecule has 0 bridgehead atoms. The largest absolute Gasteiger partial charge is 0.871 e. The van der Waals surface area contributed by atoms with Gasteiger partial charge in [-0.3, -0.25) is 14.4 Å². The van der Waals surface area contributed by atoms with Crippen molar-refractivity contribution in [2.45, 2.75) is 144 Å². The van der Waals surface area contributed by atoms with Crippen LogP contribution >= 0.6 is 0 Å². The highest BCUT2D eigenvalue weighted by atomic mass is 16.3. The van der Waals surface area contributed by atoms with Crippen LogP contribution in [0.4, 0.5) is 17.1 Å². The summed E-state index contributed by atoms with van der Waals surface area (Å²) in [7, 11) is 4.10. The zero-order valence-electron chi connectivity index (χ0n) is 33.8. The predicted molar refractivity (Wildman–Crippen MR) is 212 cm³/mol. The Hall–Kier alpha value is -3.94. The van der Waals surface area contributed by atoms with Crippen molar-refractivity contribution in [1.29, 1.82) is 0 Å². The molecule has 282 valence electrons. The van der Waals surface area contributed by atoms with E-state index < -0.39 is 0 Å². The van der Waals surface area contributed by atoms with Crippen molar-refractivity contribution in [1.82, 2.24) is 4.58 Å². The van der Waals surface area contributed by atoms with Crippen LogP contribution in [0.25, 0.3) is 11.1 Å². The van der Waals surface area contributed by atoms with Crippen LogP contribution in [-0.4, -0.2) is 43.8 Å². The summed E-state index contributed by atoms with van der Waals surface area (Å²) in [5.41, 5.74) is 4.19. The molecule has 0 fully saturated rings. The van der Waals surface area contributed by atoms with E-state index in [0.717, 1.165) is 60.7 Å². The van der Waals surface area contributed by atoms with Crippen molar-refractivity contribution in [3.05, 3.63) is 57.3 Å². The third-order valence-corrected chi connectivity index (χ3v) is 13.2. The monoisotopic (exact) mass is 710 g/mol. The number of carbonyl (C=O) groups is 3. The minimum atomic E-state index is -0.360. The Morgan fingerprint density at radius 2 is 1.38 bits per heavy atom. The van der Waals surface area contributed by atoms with Gasteiger partial charge in [-0.1, -0.05) is 73.0 Å². The number of nitrogens with one attached hydrogen (secondary N) is 2. The third kappa shape index (κ3) is 6.49. The van der Waals surface area contributed by atoms with Gasteiger partial charge >= 0.3 is 0 Å². The van der Waals surface area contributed by atoms with Gasteiger partial charge in [-0.25, -0.2) is 4.58 Å². The van der Waals surface area contributed by atoms with Gasteiger partial charge in [-0.15, -0.1) is 0 Å². The number of ketones is 1. The zero-order chi connectivity index (χ0) is 38.4. The van der Waals surface area contributed by atoms with E-state index >= 15 is 0 Å². The van der Waals surface area contributed by atoms with Crippen molar-refractivity contribution >= 4 is 45.8 Å². The number of Topliss-reactive ketones (excluding diaryl/α,β-unsaturated/α-hetero) is 1. The Morgan fingerprint density at radius 3 is 1.90 bits per heavy atom.